The summed E-state index contributed by atoms with van der Waals surface area (Å²) in [7, 11) is 0. The highest BCUT2D eigenvalue weighted by Gasteiger charge is 2.37. The molecule has 3 fully saturated rings. The predicted molar refractivity (Wildman–Crippen MR) is 114 cm³/mol. The number of hydrogen-bond donors (Lipinski definition) is 3. The zero-order valence-electron chi connectivity index (χ0n) is 17.6. The lowest BCUT2D eigenvalue weighted by Crippen LogP contribution is -2.62. The molecule has 164 valence electrons. The van der Waals surface area contributed by atoms with Gasteiger partial charge in [-0.1, -0.05) is 12.8 Å². The molecular weight excluding hydrogens is 380 g/mol. The van der Waals surface area contributed by atoms with E-state index in [1.165, 1.54) is 6.42 Å². The molecule has 4 rings (SSSR count). The first kappa shape index (κ1) is 21.1. The minimum atomic E-state index is 0.00502. The second-order valence-electron chi connectivity index (χ2n) is 8.96. The average molecular weight is 415 g/mol. The Bertz CT molecular complexity index is 706. The number of carbonyl (C=O) groups is 2. The van der Waals surface area contributed by atoms with Crippen LogP contribution in [-0.2, 0) is 9.59 Å². The van der Waals surface area contributed by atoms with Gasteiger partial charge in [-0.05, 0) is 63.5 Å². The van der Waals surface area contributed by atoms with E-state index < -0.39 is 0 Å². The van der Waals surface area contributed by atoms with E-state index in [0.717, 1.165) is 63.5 Å². The predicted octanol–water partition coefficient (Wildman–Crippen LogP) is 2.66. The van der Waals surface area contributed by atoms with E-state index in [2.05, 4.69) is 20.9 Å². The van der Waals surface area contributed by atoms with Crippen LogP contribution in [0, 0.1) is 5.92 Å². The molecule has 1 aromatic rings. The summed E-state index contributed by atoms with van der Waals surface area (Å²) in [6.45, 7) is 0. The summed E-state index contributed by atoms with van der Waals surface area (Å²) in [5.41, 5.74) is 0. The number of fused-ring (bicyclic) bond motifs is 1. The van der Waals surface area contributed by atoms with Crippen molar-refractivity contribution in [2.45, 2.75) is 95.0 Å². The van der Waals surface area contributed by atoms with Gasteiger partial charge < -0.3 is 15.4 Å². The minimum Gasteiger partial charge on any atom is -0.490 e. The molecule has 7 nitrogen and oxygen atoms in total. The van der Waals surface area contributed by atoms with Crippen LogP contribution in [0.15, 0.2) is 24.5 Å². The molecule has 30 heavy (non-hydrogen) atoms. The number of rotatable bonds is 7. The highest BCUT2D eigenvalue weighted by molar-refractivity contribution is 5.80. The van der Waals surface area contributed by atoms with Crippen molar-refractivity contribution in [1.29, 1.82) is 0 Å². The van der Waals surface area contributed by atoms with Crippen molar-refractivity contribution in [3.8, 4) is 5.75 Å². The summed E-state index contributed by atoms with van der Waals surface area (Å²) in [6.07, 6.45) is 14.0. The lowest BCUT2D eigenvalue weighted by molar-refractivity contribution is -0.130. The van der Waals surface area contributed by atoms with E-state index in [1.54, 1.807) is 12.4 Å². The number of amides is 2. The van der Waals surface area contributed by atoms with Crippen molar-refractivity contribution in [3.05, 3.63) is 24.5 Å². The van der Waals surface area contributed by atoms with Crippen LogP contribution in [0.5, 0.6) is 5.75 Å². The van der Waals surface area contributed by atoms with E-state index in [4.69, 9.17) is 4.74 Å². The third-order valence-electron chi connectivity index (χ3n) is 6.72. The third kappa shape index (κ3) is 5.72. The van der Waals surface area contributed by atoms with Crippen molar-refractivity contribution in [1.82, 2.24) is 20.9 Å². The van der Waals surface area contributed by atoms with Gasteiger partial charge in [-0.2, -0.15) is 0 Å². The number of carbonyl (C=O) groups excluding carboxylic acids is 2. The van der Waals surface area contributed by atoms with Gasteiger partial charge in [0, 0.05) is 30.9 Å². The Balaban J connectivity index is 1.11. The molecule has 3 unspecified atom stereocenters. The molecule has 2 amide bonds. The van der Waals surface area contributed by atoms with Gasteiger partial charge in [0.2, 0.25) is 11.8 Å². The fourth-order valence-corrected chi connectivity index (χ4v) is 5.08. The van der Waals surface area contributed by atoms with E-state index in [-0.39, 0.29) is 36.0 Å². The van der Waals surface area contributed by atoms with Crippen LogP contribution in [0.25, 0.3) is 0 Å². The van der Waals surface area contributed by atoms with E-state index in [1.807, 2.05) is 12.1 Å². The summed E-state index contributed by atoms with van der Waals surface area (Å²) in [4.78, 5) is 28.7. The lowest BCUT2D eigenvalue weighted by Gasteiger charge is -2.40. The largest absolute Gasteiger partial charge is 0.490 e. The Hall–Kier alpha value is -2.15. The number of nitrogens with zero attached hydrogens (tertiary/aromatic N) is 1. The molecule has 0 spiro atoms. The lowest BCUT2D eigenvalue weighted by atomic mass is 9.82. The van der Waals surface area contributed by atoms with E-state index >= 15 is 0 Å². The SMILES string of the molecule is O=C(CCCC1NC(=O)C2CCCCC2N1)NC1CCC(Oc2ccncc2)CC1. The van der Waals surface area contributed by atoms with E-state index in [0.29, 0.717) is 12.5 Å². The first-order chi connectivity index (χ1) is 14.7. The van der Waals surface area contributed by atoms with Gasteiger partial charge in [0.05, 0.1) is 18.2 Å². The molecule has 1 aromatic heterocycles. The zero-order valence-corrected chi connectivity index (χ0v) is 17.6. The number of nitrogens with one attached hydrogen (secondary N) is 3. The van der Waals surface area contributed by atoms with Gasteiger partial charge >= 0.3 is 0 Å². The van der Waals surface area contributed by atoms with Crippen LogP contribution in [0.4, 0.5) is 0 Å². The van der Waals surface area contributed by atoms with E-state index in [9.17, 15) is 9.59 Å². The highest BCUT2D eigenvalue weighted by atomic mass is 16.5. The molecular formula is C23H34N4O3. The molecule has 2 heterocycles. The van der Waals surface area contributed by atoms with Crippen LogP contribution in [0.2, 0.25) is 0 Å². The second-order valence-corrected chi connectivity index (χ2v) is 8.96. The maximum absolute atomic E-state index is 12.4. The van der Waals surface area contributed by atoms with Crippen LogP contribution in [0.1, 0.15) is 70.6 Å². The number of aromatic nitrogens is 1. The first-order valence-electron chi connectivity index (χ1n) is 11.6. The minimum absolute atomic E-state index is 0.00502. The maximum atomic E-state index is 12.4. The standard InChI is InChI=1S/C23H34N4O3/c28-22(7-3-6-21-26-20-5-2-1-4-19(20)23(29)27-21)25-16-8-10-17(11-9-16)30-18-12-14-24-15-13-18/h12-17,19-21,26H,1-11H2,(H,25,28)(H,27,29). The molecule has 3 N–H and O–H groups in total. The van der Waals surface area contributed by atoms with Gasteiger partial charge in [-0.3, -0.25) is 19.9 Å². The Morgan fingerprint density at radius 3 is 2.67 bits per heavy atom. The Morgan fingerprint density at radius 2 is 1.87 bits per heavy atom. The Labute approximate surface area is 178 Å². The number of pyridine rings is 1. The van der Waals surface area contributed by atoms with Crippen molar-refractivity contribution in [3.63, 3.8) is 0 Å². The molecule has 3 atom stereocenters. The Morgan fingerprint density at radius 1 is 1.10 bits per heavy atom. The number of hydrogen-bond acceptors (Lipinski definition) is 5. The Kier molecular flexibility index (Phi) is 7.20. The van der Waals surface area contributed by atoms with Crippen molar-refractivity contribution < 1.29 is 14.3 Å². The van der Waals surface area contributed by atoms with Crippen LogP contribution < -0.4 is 20.7 Å². The summed E-state index contributed by atoms with van der Waals surface area (Å²) >= 11 is 0. The smallest absolute Gasteiger partial charge is 0.225 e. The van der Waals surface area contributed by atoms with Crippen LogP contribution in [0.3, 0.4) is 0 Å². The molecule has 7 heteroatoms. The summed E-state index contributed by atoms with van der Waals surface area (Å²) in [5.74, 6) is 1.31. The molecule has 1 saturated heterocycles. The fourth-order valence-electron chi connectivity index (χ4n) is 5.08. The van der Waals surface area contributed by atoms with Gasteiger partial charge in [0.15, 0.2) is 0 Å². The monoisotopic (exact) mass is 414 g/mol. The second kappa shape index (κ2) is 10.2. The summed E-state index contributed by atoms with van der Waals surface area (Å²) in [5, 5.41) is 9.86. The summed E-state index contributed by atoms with van der Waals surface area (Å²) in [6, 6.07) is 4.32. The van der Waals surface area contributed by atoms with Gasteiger partial charge in [-0.25, -0.2) is 0 Å². The number of ether oxygens (including phenoxy) is 1. The molecule has 0 radical (unpaired) electrons. The van der Waals surface area contributed by atoms with Gasteiger partial charge in [-0.15, -0.1) is 0 Å². The van der Waals surface area contributed by atoms with Crippen LogP contribution in [-0.4, -0.2) is 41.2 Å². The third-order valence-corrected chi connectivity index (χ3v) is 6.72. The normalized spacial score (nSPS) is 31.3. The molecule has 3 aliphatic rings. The average Bonchev–Trinajstić information content (AvgIpc) is 2.76. The zero-order chi connectivity index (χ0) is 20.8. The van der Waals surface area contributed by atoms with Crippen molar-refractivity contribution in [2.24, 2.45) is 5.92 Å². The summed E-state index contributed by atoms with van der Waals surface area (Å²) < 4.78 is 5.99. The molecule has 0 aromatic carbocycles. The first-order valence-corrected chi connectivity index (χ1v) is 11.6. The van der Waals surface area contributed by atoms with Crippen molar-refractivity contribution in [2.75, 3.05) is 0 Å². The fraction of sp³-hybridized carbons (Fsp3) is 0.696. The maximum Gasteiger partial charge on any atom is 0.225 e. The topological polar surface area (TPSA) is 92.4 Å². The van der Waals surface area contributed by atoms with Gasteiger partial charge in [0.1, 0.15) is 5.75 Å². The quantitative estimate of drug-likeness (QED) is 0.638. The van der Waals surface area contributed by atoms with Gasteiger partial charge in [0.25, 0.3) is 0 Å². The van der Waals surface area contributed by atoms with Crippen LogP contribution >= 0.6 is 0 Å². The molecule has 2 aliphatic carbocycles. The molecule has 2 saturated carbocycles. The molecule has 1 aliphatic heterocycles. The van der Waals surface area contributed by atoms with Crippen molar-refractivity contribution >= 4 is 11.8 Å². The molecule has 0 bridgehead atoms. The highest BCUT2D eigenvalue weighted by Crippen LogP contribution is 2.28.